The topological polar surface area (TPSA) is 29.5 Å². The Balaban J connectivity index is 2.24. The van der Waals surface area contributed by atoms with Gasteiger partial charge in [-0.3, -0.25) is 9.63 Å². The van der Waals surface area contributed by atoms with Crippen molar-refractivity contribution in [2.45, 2.75) is 11.3 Å². The molecule has 1 amide bonds. The van der Waals surface area contributed by atoms with Crippen LogP contribution in [-0.2, 0) is 4.84 Å². The van der Waals surface area contributed by atoms with Crippen LogP contribution < -0.4 is 0 Å². The number of hydrogen-bond acceptors (Lipinski definition) is 3. The molecule has 1 aromatic carbocycles. The number of hydrogen-bond donors (Lipinski definition) is 0. The van der Waals surface area contributed by atoms with Crippen LogP contribution >= 0.6 is 11.8 Å². The molecule has 0 saturated carbocycles. The SMILES string of the molecule is CSc1ccccc1C(=O)N1CCCO1. The third-order valence-electron chi connectivity index (χ3n) is 2.32. The van der Waals surface area contributed by atoms with Gasteiger partial charge >= 0.3 is 0 Å². The number of thioether (sulfide) groups is 1. The number of carbonyl (C=O) groups is 1. The molecule has 3 nitrogen and oxygen atoms in total. The number of benzene rings is 1. The van der Waals surface area contributed by atoms with E-state index in [1.807, 2.05) is 30.5 Å². The van der Waals surface area contributed by atoms with Gasteiger partial charge in [0.1, 0.15) is 0 Å². The van der Waals surface area contributed by atoms with Crippen molar-refractivity contribution < 1.29 is 9.63 Å². The second-order valence-corrected chi connectivity index (χ2v) is 4.14. The number of carbonyl (C=O) groups excluding carboxylic acids is 1. The van der Waals surface area contributed by atoms with Crippen molar-refractivity contribution in [3.8, 4) is 0 Å². The first kappa shape index (κ1) is 10.5. The molecule has 0 spiro atoms. The summed E-state index contributed by atoms with van der Waals surface area (Å²) in [4.78, 5) is 18.3. The maximum atomic E-state index is 12.0. The van der Waals surface area contributed by atoms with Gasteiger partial charge in [0.05, 0.1) is 18.7 Å². The van der Waals surface area contributed by atoms with Gasteiger partial charge < -0.3 is 0 Å². The van der Waals surface area contributed by atoms with Crippen LogP contribution in [0.3, 0.4) is 0 Å². The summed E-state index contributed by atoms with van der Waals surface area (Å²) in [6, 6.07) is 7.61. The van der Waals surface area contributed by atoms with Gasteiger partial charge in [-0.25, -0.2) is 5.06 Å². The Bertz CT molecular complexity index is 361. The second-order valence-electron chi connectivity index (χ2n) is 3.29. The van der Waals surface area contributed by atoms with E-state index >= 15 is 0 Å². The summed E-state index contributed by atoms with van der Waals surface area (Å²) in [6.07, 6.45) is 2.89. The van der Waals surface area contributed by atoms with E-state index in [1.54, 1.807) is 11.8 Å². The molecule has 0 aliphatic carbocycles. The third kappa shape index (κ3) is 2.16. The molecule has 1 fully saturated rings. The summed E-state index contributed by atoms with van der Waals surface area (Å²) in [5.74, 6) is -0.0301. The van der Waals surface area contributed by atoms with Crippen molar-refractivity contribution in [3.05, 3.63) is 29.8 Å². The molecule has 0 unspecified atom stereocenters. The Kier molecular flexibility index (Phi) is 3.28. The monoisotopic (exact) mass is 223 g/mol. The van der Waals surface area contributed by atoms with Crippen molar-refractivity contribution in [3.63, 3.8) is 0 Å². The Morgan fingerprint density at radius 1 is 1.47 bits per heavy atom. The largest absolute Gasteiger partial charge is 0.278 e. The van der Waals surface area contributed by atoms with Crippen LogP contribution in [0.4, 0.5) is 0 Å². The first-order chi connectivity index (χ1) is 7.33. The highest BCUT2D eigenvalue weighted by atomic mass is 32.2. The van der Waals surface area contributed by atoms with Crippen LogP contribution in [0.5, 0.6) is 0 Å². The highest BCUT2D eigenvalue weighted by molar-refractivity contribution is 7.98. The molecule has 4 heteroatoms. The molecule has 0 atom stereocenters. The lowest BCUT2D eigenvalue weighted by Gasteiger charge is -2.15. The van der Waals surface area contributed by atoms with E-state index in [4.69, 9.17) is 4.84 Å². The normalized spacial score (nSPS) is 15.7. The highest BCUT2D eigenvalue weighted by Crippen LogP contribution is 2.22. The van der Waals surface area contributed by atoms with E-state index in [0.717, 1.165) is 16.9 Å². The average Bonchev–Trinajstić information content (AvgIpc) is 2.81. The zero-order chi connectivity index (χ0) is 10.7. The van der Waals surface area contributed by atoms with Gasteiger partial charge in [0.2, 0.25) is 0 Å². The smallest absolute Gasteiger partial charge is 0.271 e. The van der Waals surface area contributed by atoms with Gasteiger partial charge in [-0.05, 0) is 24.8 Å². The fourth-order valence-corrected chi connectivity index (χ4v) is 2.15. The fraction of sp³-hybridized carbons (Fsp3) is 0.364. The summed E-state index contributed by atoms with van der Waals surface area (Å²) in [5.41, 5.74) is 0.729. The molecule has 1 aromatic rings. The van der Waals surface area contributed by atoms with Crippen molar-refractivity contribution >= 4 is 17.7 Å². The second kappa shape index (κ2) is 4.68. The number of hydroxylamine groups is 2. The predicted molar refractivity (Wildman–Crippen MR) is 59.8 cm³/mol. The van der Waals surface area contributed by atoms with E-state index in [2.05, 4.69) is 0 Å². The minimum absolute atomic E-state index is 0.0301. The van der Waals surface area contributed by atoms with Crippen LogP contribution in [0.1, 0.15) is 16.8 Å². The minimum Gasteiger partial charge on any atom is -0.271 e. The van der Waals surface area contributed by atoms with Gasteiger partial charge in [-0.15, -0.1) is 11.8 Å². The van der Waals surface area contributed by atoms with Crippen LogP contribution in [0, 0.1) is 0 Å². The molecule has 1 aliphatic heterocycles. The average molecular weight is 223 g/mol. The van der Waals surface area contributed by atoms with Gasteiger partial charge in [0.15, 0.2) is 0 Å². The zero-order valence-electron chi connectivity index (χ0n) is 8.60. The molecule has 1 aliphatic rings. The molecular formula is C11H13NO2S. The Labute approximate surface area is 93.4 Å². The first-order valence-corrected chi connectivity index (χ1v) is 6.13. The number of amides is 1. The standard InChI is InChI=1S/C11H13NO2S/c1-15-10-6-3-2-5-9(10)11(13)12-7-4-8-14-12/h2-3,5-6H,4,7-8H2,1H3. The van der Waals surface area contributed by atoms with E-state index in [9.17, 15) is 4.79 Å². The van der Waals surface area contributed by atoms with E-state index < -0.39 is 0 Å². The summed E-state index contributed by atoms with van der Waals surface area (Å²) in [6.45, 7) is 1.34. The lowest BCUT2D eigenvalue weighted by atomic mass is 10.2. The molecular weight excluding hydrogens is 210 g/mol. The molecule has 0 bridgehead atoms. The van der Waals surface area contributed by atoms with Crippen LogP contribution in [0.25, 0.3) is 0 Å². The van der Waals surface area contributed by atoms with Crippen molar-refractivity contribution in [1.82, 2.24) is 5.06 Å². The predicted octanol–water partition coefficient (Wildman–Crippen LogP) is 2.19. The van der Waals surface area contributed by atoms with Crippen LogP contribution in [0.2, 0.25) is 0 Å². The molecule has 0 radical (unpaired) electrons. The lowest BCUT2D eigenvalue weighted by Crippen LogP contribution is -2.26. The summed E-state index contributed by atoms with van der Waals surface area (Å²) in [7, 11) is 0. The van der Waals surface area contributed by atoms with Crippen molar-refractivity contribution in [2.75, 3.05) is 19.4 Å². The van der Waals surface area contributed by atoms with Gasteiger partial charge in [0.25, 0.3) is 5.91 Å². The quantitative estimate of drug-likeness (QED) is 0.720. The summed E-state index contributed by atoms with van der Waals surface area (Å²) in [5, 5.41) is 1.45. The molecule has 15 heavy (non-hydrogen) atoms. The first-order valence-electron chi connectivity index (χ1n) is 4.90. The summed E-state index contributed by atoms with van der Waals surface area (Å²) >= 11 is 1.58. The third-order valence-corrected chi connectivity index (χ3v) is 3.11. The number of rotatable bonds is 2. The molecule has 2 rings (SSSR count). The molecule has 0 N–H and O–H groups in total. The zero-order valence-corrected chi connectivity index (χ0v) is 9.42. The maximum Gasteiger partial charge on any atom is 0.278 e. The maximum absolute atomic E-state index is 12.0. The van der Waals surface area contributed by atoms with Gasteiger partial charge in [-0.1, -0.05) is 12.1 Å². The van der Waals surface area contributed by atoms with Crippen LogP contribution in [-0.4, -0.2) is 30.4 Å². The van der Waals surface area contributed by atoms with Gasteiger partial charge in [-0.2, -0.15) is 0 Å². The Morgan fingerprint density at radius 3 is 2.93 bits per heavy atom. The molecule has 0 aromatic heterocycles. The molecule has 1 saturated heterocycles. The Hall–Kier alpha value is -1.00. The van der Waals surface area contributed by atoms with E-state index in [1.165, 1.54) is 5.06 Å². The Morgan fingerprint density at radius 2 is 2.27 bits per heavy atom. The van der Waals surface area contributed by atoms with Crippen LogP contribution in [0.15, 0.2) is 29.2 Å². The van der Waals surface area contributed by atoms with Gasteiger partial charge in [0, 0.05) is 4.90 Å². The lowest BCUT2D eigenvalue weighted by molar-refractivity contribution is -0.0770. The van der Waals surface area contributed by atoms with E-state index in [0.29, 0.717) is 13.2 Å². The minimum atomic E-state index is -0.0301. The highest BCUT2D eigenvalue weighted by Gasteiger charge is 2.22. The van der Waals surface area contributed by atoms with E-state index in [-0.39, 0.29) is 5.91 Å². The molecule has 80 valence electrons. The van der Waals surface area contributed by atoms with Crippen molar-refractivity contribution in [1.29, 1.82) is 0 Å². The summed E-state index contributed by atoms with van der Waals surface area (Å²) < 4.78 is 0. The van der Waals surface area contributed by atoms with Crippen molar-refractivity contribution in [2.24, 2.45) is 0 Å². The molecule has 1 heterocycles. The number of nitrogens with zero attached hydrogens (tertiary/aromatic N) is 1. The fourth-order valence-electron chi connectivity index (χ4n) is 1.56.